The van der Waals surface area contributed by atoms with E-state index in [-0.39, 0.29) is 0 Å². The Balaban J connectivity index is 4.61. The molecule has 0 saturated carbocycles. The normalized spacial score (nSPS) is 14.5. The highest BCUT2D eigenvalue weighted by Gasteiger charge is 2.42. The van der Waals surface area contributed by atoms with E-state index in [1.54, 1.807) is 21.3 Å². The van der Waals surface area contributed by atoms with Crippen molar-refractivity contribution in [1.82, 2.24) is 0 Å². The van der Waals surface area contributed by atoms with Crippen LogP contribution in [0.4, 0.5) is 0 Å². The zero-order valence-electron chi connectivity index (χ0n) is 16.5. The Morgan fingerprint density at radius 2 is 0.909 bits per heavy atom. The molecule has 0 amide bonds. The lowest BCUT2D eigenvalue weighted by Crippen LogP contribution is -2.48. The van der Waals surface area contributed by atoms with Crippen molar-refractivity contribution in [3.63, 3.8) is 0 Å². The molecule has 0 N–H and O–H groups in total. The molecule has 0 aromatic carbocycles. The summed E-state index contributed by atoms with van der Waals surface area (Å²) < 4.78 is 23.3. The van der Waals surface area contributed by atoms with Crippen LogP contribution in [0.25, 0.3) is 0 Å². The standard InChI is InChI=1S/C14H38O4Si4/c1-15-22(16-2,17-3)14-13-21(9,10)18-20(7,8)12-11-19(4,5)6/h11-14H2,1-10H3. The van der Waals surface area contributed by atoms with E-state index in [1.165, 1.54) is 12.1 Å². The van der Waals surface area contributed by atoms with Gasteiger partial charge < -0.3 is 17.4 Å². The van der Waals surface area contributed by atoms with Crippen molar-refractivity contribution in [2.24, 2.45) is 0 Å². The van der Waals surface area contributed by atoms with E-state index in [2.05, 4.69) is 45.8 Å². The average Bonchev–Trinajstić information content (AvgIpc) is 2.37. The Morgan fingerprint density at radius 1 is 0.545 bits per heavy atom. The first-order valence-corrected chi connectivity index (χ1v) is 20.0. The summed E-state index contributed by atoms with van der Waals surface area (Å²) in [6.07, 6.45) is 0. The van der Waals surface area contributed by atoms with Crippen molar-refractivity contribution in [2.75, 3.05) is 21.3 Å². The van der Waals surface area contributed by atoms with Crippen molar-refractivity contribution < 1.29 is 17.4 Å². The molecule has 0 aliphatic heterocycles. The fraction of sp³-hybridized carbons (Fsp3) is 1.00. The highest BCUT2D eigenvalue weighted by Crippen LogP contribution is 2.29. The molecule has 134 valence electrons. The molecule has 0 aliphatic carbocycles. The van der Waals surface area contributed by atoms with Gasteiger partial charge in [0.15, 0.2) is 16.6 Å². The summed E-state index contributed by atoms with van der Waals surface area (Å²) in [4.78, 5) is 0. The van der Waals surface area contributed by atoms with E-state index >= 15 is 0 Å². The molecule has 0 atom stereocenters. The second-order valence-corrected chi connectivity index (χ2v) is 26.0. The smallest absolute Gasteiger partial charge is 0.456 e. The average molecular weight is 383 g/mol. The first-order valence-electron chi connectivity index (χ1n) is 8.16. The highest BCUT2D eigenvalue weighted by molar-refractivity contribution is 6.86. The van der Waals surface area contributed by atoms with Crippen LogP contribution in [-0.4, -0.2) is 54.8 Å². The summed E-state index contributed by atoms with van der Waals surface area (Å²) >= 11 is 0. The zero-order valence-corrected chi connectivity index (χ0v) is 20.5. The van der Waals surface area contributed by atoms with E-state index in [0.717, 1.165) is 12.1 Å². The molecule has 8 heteroatoms. The highest BCUT2D eigenvalue weighted by atomic mass is 28.4. The predicted octanol–water partition coefficient (Wildman–Crippen LogP) is 4.63. The van der Waals surface area contributed by atoms with Crippen molar-refractivity contribution in [3.05, 3.63) is 0 Å². The van der Waals surface area contributed by atoms with E-state index < -0.39 is 33.5 Å². The van der Waals surface area contributed by atoms with Gasteiger partial charge in [0.2, 0.25) is 0 Å². The summed E-state index contributed by atoms with van der Waals surface area (Å²) in [5.41, 5.74) is 0. The van der Waals surface area contributed by atoms with Crippen LogP contribution in [0.1, 0.15) is 0 Å². The Kier molecular flexibility index (Phi) is 8.98. The molecule has 22 heavy (non-hydrogen) atoms. The van der Waals surface area contributed by atoms with Gasteiger partial charge in [0.1, 0.15) is 0 Å². The van der Waals surface area contributed by atoms with Gasteiger partial charge >= 0.3 is 8.80 Å². The van der Waals surface area contributed by atoms with Crippen molar-refractivity contribution in [3.8, 4) is 0 Å². The number of rotatable bonds is 11. The summed E-state index contributed by atoms with van der Waals surface area (Å²) in [5.74, 6) is 0. The lowest BCUT2D eigenvalue weighted by Gasteiger charge is -2.36. The van der Waals surface area contributed by atoms with Gasteiger partial charge in [0, 0.05) is 35.4 Å². The van der Waals surface area contributed by atoms with Crippen LogP contribution in [0.15, 0.2) is 0 Å². The third kappa shape index (κ3) is 9.11. The first kappa shape index (κ1) is 22.7. The molecule has 0 aromatic heterocycles. The maximum absolute atomic E-state index is 6.71. The third-order valence-corrected chi connectivity index (χ3v) is 16.8. The minimum atomic E-state index is -2.47. The van der Waals surface area contributed by atoms with Crippen LogP contribution < -0.4 is 0 Å². The lowest BCUT2D eigenvalue weighted by atomic mass is 10.9. The Labute approximate surface area is 142 Å². The Morgan fingerprint density at radius 3 is 1.23 bits per heavy atom. The summed E-state index contributed by atoms with van der Waals surface area (Å²) in [7, 11) is -1.73. The molecule has 0 spiro atoms. The minimum absolute atomic E-state index is 0.841. The van der Waals surface area contributed by atoms with Crippen LogP contribution in [-0.2, 0) is 17.4 Å². The van der Waals surface area contributed by atoms with Crippen LogP contribution in [0.2, 0.25) is 70.0 Å². The maximum Gasteiger partial charge on any atom is 0.499 e. The monoisotopic (exact) mass is 382 g/mol. The van der Waals surface area contributed by atoms with E-state index in [4.69, 9.17) is 17.4 Å². The molecule has 0 saturated heterocycles. The van der Waals surface area contributed by atoms with Crippen LogP contribution >= 0.6 is 0 Å². The molecule has 4 nitrogen and oxygen atoms in total. The fourth-order valence-electron chi connectivity index (χ4n) is 2.54. The summed E-state index contributed by atoms with van der Waals surface area (Å²) in [5, 5.41) is 0. The van der Waals surface area contributed by atoms with Crippen molar-refractivity contribution >= 4 is 33.5 Å². The molecule has 0 unspecified atom stereocenters. The molecular weight excluding hydrogens is 344 g/mol. The second-order valence-electron chi connectivity index (χ2n) is 8.48. The minimum Gasteiger partial charge on any atom is -0.456 e. The maximum atomic E-state index is 6.71. The van der Waals surface area contributed by atoms with Crippen LogP contribution in [0, 0.1) is 0 Å². The predicted molar refractivity (Wildman–Crippen MR) is 105 cm³/mol. The van der Waals surface area contributed by atoms with Crippen LogP contribution in [0.3, 0.4) is 0 Å². The fourth-order valence-corrected chi connectivity index (χ4v) is 19.5. The van der Waals surface area contributed by atoms with Gasteiger partial charge in [0.25, 0.3) is 0 Å². The van der Waals surface area contributed by atoms with Gasteiger partial charge in [-0.1, -0.05) is 25.7 Å². The molecule has 0 aromatic rings. The quantitative estimate of drug-likeness (QED) is 0.488. The van der Waals surface area contributed by atoms with E-state index in [9.17, 15) is 0 Å². The largest absolute Gasteiger partial charge is 0.499 e. The molecular formula is C14H38O4Si4. The van der Waals surface area contributed by atoms with E-state index in [0.29, 0.717) is 0 Å². The van der Waals surface area contributed by atoms with Gasteiger partial charge in [0.05, 0.1) is 0 Å². The first-order chi connectivity index (χ1) is 9.80. The molecule has 0 aliphatic rings. The van der Waals surface area contributed by atoms with Gasteiger partial charge in [-0.15, -0.1) is 0 Å². The second kappa shape index (κ2) is 8.70. The molecule has 0 rings (SSSR count). The topological polar surface area (TPSA) is 36.9 Å². The van der Waals surface area contributed by atoms with Crippen molar-refractivity contribution in [1.29, 1.82) is 0 Å². The van der Waals surface area contributed by atoms with Gasteiger partial charge in [-0.05, 0) is 38.3 Å². The van der Waals surface area contributed by atoms with Gasteiger partial charge in [-0.2, -0.15) is 0 Å². The molecule has 0 fully saturated rings. The SMILES string of the molecule is CO[Si](CC[Si](C)(C)O[Si](C)(C)CC[Si](C)(C)C)(OC)OC. The molecule has 0 heterocycles. The lowest BCUT2D eigenvalue weighted by molar-refractivity contribution is 0.125. The molecule has 0 radical (unpaired) electrons. The number of hydrogen-bond acceptors (Lipinski definition) is 4. The Hall–Kier alpha value is 0.708. The van der Waals surface area contributed by atoms with Crippen LogP contribution in [0.5, 0.6) is 0 Å². The Bertz CT molecular complexity index is 317. The summed E-state index contributed by atoms with van der Waals surface area (Å²) in [6, 6.07) is 4.51. The van der Waals surface area contributed by atoms with E-state index in [1.807, 2.05) is 0 Å². The van der Waals surface area contributed by atoms with Gasteiger partial charge in [-0.25, -0.2) is 0 Å². The van der Waals surface area contributed by atoms with Gasteiger partial charge in [-0.3, -0.25) is 0 Å². The zero-order chi connectivity index (χ0) is 17.7. The summed E-state index contributed by atoms with van der Waals surface area (Å²) in [6.45, 7) is 16.7. The van der Waals surface area contributed by atoms with Crippen molar-refractivity contribution in [2.45, 2.75) is 70.0 Å². The third-order valence-electron chi connectivity index (χ3n) is 4.00. The number of hydrogen-bond donors (Lipinski definition) is 0. The molecule has 0 bridgehead atoms.